The molecule has 1 aromatic carbocycles. The minimum absolute atomic E-state index is 0.114. The molecule has 2 N–H and O–H groups in total. The van der Waals surface area contributed by atoms with Crippen LogP contribution in [0.25, 0.3) is 0 Å². The third-order valence-corrected chi connectivity index (χ3v) is 2.93. The highest BCUT2D eigenvalue weighted by molar-refractivity contribution is 5.94. The zero-order valence-corrected chi connectivity index (χ0v) is 8.73. The summed E-state index contributed by atoms with van der Waals surface area (Å²) in [5.74, 6) is 0.114. The second kappa shape index (κ2) is 4.45. The maximum atomic E-state index is 12.1. The fourth-order valence-electron chi connectivity index (χ4n) is 2.09. The highest BCUT2D eigenvalue weighted by Gasteiger charge is 2.27. The van der Waals surface area contributed by atoms with Crippen LogP contribution in [0, 0.1) is 0 Å². The molecule has 1 aromatic rings. The van der Waals surface area contributed by atoms with Gasteiger partial charge in [-0.25, -0.2) is 0 Å². The molecule has 1 unspecified atom stereocenters. The molecular formula is C12H16N2O. The van der Waals surface area contributed by atoms with Crippen LogP contribution >= 0.6 is 0 Å². The number of hydrogen-bond acceptors (Lipinski definition) is 2. The average Bonchev–Trinajstić information content (AvgIpc) is 2.77. The molecule has 1 amide bonds. The molecule has 1 saturated heterocycles. The molecule has 0 radical (unpaired) electrons. The van der Waals surface area contributed by atoms with Gasteiger partial charge in [0.05, 0.1) is 0 Å². The normalized spacial score (nSPS) is 20.6. The first-order valence-corrected chi connectivity index (χ1v) is 5.39. The summed E-state index contributed by atoms with van der Waals surface area (Å²) in [6.45, 7) is 1.41. The van der Waals surface area contributed by atoms with Crippen molar-refractivity contribution < 1.29 is 4.79 Å². The van der Waals surface area contributed by atoms with E-state index in [9.17, 15) is 4.79 Å². The number of hydrogen-bond donors (Lipinski definition) is 1. The van der Waals surface area contributed by atoms with Crippen LogP contribution in [0.1, 0.15) is 23.2 Å². The molecule has 80 valence electrons. The topological polar surface area (TPSA) is 46.3 Å². The number of carbonyl (C=O) groups is 1. The van der Waals surface area contributed by atoms with Crippen LogP contribution < -0.4 is 5.73 Å². The molecule has 1 atom stereocenters. The first kappa shape index (κ1) is 10.2. The molecule has 1 aliphatic heterocycles. The largest absolute Gasteiger partial charge is 0.334 e. The fourth-order valence-corrected chi connectivity index (χ4v) is 2.09. The molecular weight excluding hydrogens is 188 g/mol. The molecule has 0 bridgehead atoms. The van der Waals surface area contributed by atoms with Crippen molar-refractivity contribution >= 4 is 5.91 Å². The van der Waals surface area contributed by atoms with Crippen molar-refractivity contribution in [2.45, 2.75) is 18.9 Å². The number of nitrogens with two attached hydrogens (primary N) is 1. The Morgan fingerprint density at radius 1 is 1.40 bits per heavy atom. The Hall–Kier alpha value is -1.35. The fraction of sp³-hybridized carbons (Fsp3) is 0.417. The first-order chi connectivity index (χ1) is 7.33. The lowest BCUT2D eigenvalue weighted by molar-refractivity contribution is 0.0741. The van der Waals surface area contributed by atoms with E-state index in [-0.39, 0.29) is 11.9 Å². The Labute approximate surface area is 89.9 Å². The SMILES string of the molecule is NCC1CCCN1C(=O)c1ccccc1. The van der Waals surface area contributed by atoms with E-state index in [4.69, 9.17) is 5.73 Å². The van der Waals surface area contributed by atoms with Crippen LogP contribution in [0.5, 0.6) is 0 Å². The Balaban J connectivity index is 2.14. The van der Waals surface area contributed by atoms with Crippen LogP contribution in [0.15, 0.2) is 30.3 Å². The van der Waals surface area contributed by atoms with Crippen molar-refractivity contribution in [1.82, 2.24) is 4.90 Å². The van der Waals surface area contributed by atoms with Crippen LogP contribution in [-0.2, 0) is 0 Å². The minimum Gasteiger partial charge on any atom is -0.334 e. The van der Waals surface area contributed by atoms with Crippen molar-refractivity contribution in [2.24, 2.45) is 5.73 Å². The summed E-state index contributed by atoms with van der Waals surface area (Å²) in [5.41, 5.74) is 6.41. The maximum Gasteiger partial charge on any atom is 0.254 e. The molecule has 15 heavy (non-hydrogen) atoms. The van der Waals surface area contributed by atoms with E-state index < -0.39 is 0 Å². The van der Waals surface area contributed by atoms with E-state index in [0.717, 1.165) is 24.9 Å². The lowest BCUT2D eigenvalue weighted by Gasteiger charge is -2.23. The summed E-state index contributed by atoms with van der Waals surface area (Å²) in [6, 6.07) is 9.64. The number of likely N-dealkylation sites (tertiary alicyclic amines) is 1. The molecule has 1 heterocycles. The summed E-state index contributed by atoms with van der Waals surface area (Å²) in [7, 11) is 0. The van der Waals surface area contributed by atoms with Crippen molar-refractivity contribution in [3.05, 3.63) is 35.9 Å². The second-order valence-corrected chi connectivity index (χ2v) is 3.90. The third kappa shape index (κ3) is 2.02. The molecule has 1 fully saturated rings. The number of amides is 1. The summed E-state index contributed by atoms with van der Waals surface area (Å²) in [4.78, 5) is 14.0. The van der Waals surface area contributed by atoms with E-state index in [2.05, 4.69) is 0 Å². The zero-order valence-electron chi connectivity index (χ0n) is 8.73. The average molecular weight is 204 g/mol. The van der Waals surface area contributed by atoms with E-state index in [1.54, 1.807) is 0 Å². The van der Waals surface area contributed by atoms with Gasteiger partial charge in [0, 0.05) is 24.7 Å². The van der Waals surface area contributed by atoms with Gasteiger partial charge in [0.2, 0.25) is 0 Å². The lowest BCUT2D eigenvalue weighted by atomic mass is 10.1. The smallest absolute Gasteiger partial charge is 0.254 e. The molecule has 0 aliphatic carbocycles. The van der Waals surface area contributed by atoms with Crippen molar-refractivity contribution in [2.75, 3.05) is 13.1 Å². The lowest BCUT2D eigenvalue weighted by Crippen LogP contribution is -2.39. The molecule has 3 nitrogen and oxygen atoms in total. The van der Waals surface area contributed by atoms with Crippen molar-refractivity contribution in [3.63, 3.8) is 0 Å². The van der Waals surface area contributed by atoms with Crippen LogP contribution in [0.4, 0.5) is 0 Å². The van der Waals surface area contributed by atoms with Crippen LogP contribution in [0.2, 0.25) is 0 Å². The molecule has 1 aliphatic rings. The first-order valence-electron chi connectivity index (χ1n) is 5.39. The summed E-state index contributed by atoms with van der Waals surface area (Å²) < 4.78 is 0. The van der Waals surface area contributed by atoms with Crippen molar-refractivity contribution in [3.8, 4) is 0 Å². The van der Waals surface area contributed by atoms with Gasteiger partial charge in [-0.15, -0.1) is 0 Å². The minimum atomic E-state index is 0.114. The zero-order chi connectivity index (χ0) is 10.7. The highest BCUT2D eigenvalue weighted by Crippen LogP contribution is 2.18. The Bertz CT molecular complexity index is 337. The highest BCUT2D eigenvalue weighted by atomic mass is 16.2. The molecule has 0 saturated carbocycles. The summed E-state index contributed by atoms with van der Waals surface area (Å²) in [6.07, 6.45) is 2.11. The maximum absolute atomic E-state index is 12.1. The predicted molar refractivity (Wildman–Crippen MR) is 59.6 cm³/mol. The van der Waals surface area contributed by atoms with E-state index in [0.29, 0.717) is 6.54 Å². The van der Waals surface area contributed by atoms with E-state index in [1.807, 2.05) is 35.2 Å². The third-order valence-electron chi connectivity index (χ3n) is 2.93. The van der Waals surface area contributed by atoms with E-state index in [1.165, 1.54) is 0 Å². The standard InChI is InChI=1S/C12H16N2O/c13-9-11-7-4-8-14(11)12(15)10-5-2-1-3-6-10/h1-3,5-6,11H,4,7-9,13H2. The predicted octanol–water partition coefficient (Wildman–Crippen LogP) is 1.25. The van der Waals surface area contributed by atoms with Gasteiger partial charge in [0.15, 0.2) is 0 Å². The molecule has 3 heteroatoms. The Kier molecular flexibility index (Phi) is 3.02. The van der Waals surface area contributed by atoms with Crippen LogP contribution in [-0.4, -0.2) is 29.9 Å². The molecule has 0 spiro atoms. The number of nitrogens with zero attached hydrogens (tertiary/aromatic N) is 1. The van der Waals surface area contributed by atoms with Gasteiger partial charge in [0.25, 0.3) is 5.91 Å². The summed E-state index contributed by atoms with van der Waals surface area (Å²) >= 11 is 0. The van der Waals surface area contributed by atoms with E-state index >= 15 is 0 Å². The number of carbonyl (C=O) groups excluding carboxylic acids is 1. The Morgan fingerprint density at radius 2 is 2.13 bits per heavy atom. The van der Waals surface area contributed by atoms with Gasteiger partial charge in [-0.1, -0.05) is 18.2 Å². The van der Waals surface area contributed by atoms with Gasteiger partial charge in [0.1, 0.15) is 0 Å². The van der Waals surface area contributed by atoms with Gasteiger partial charge in [-0.2, -0.15) is 0 Å². The van der Waals surface area contributed by atoms with Gasteiger partial charge < -0.3 is 10.6 Å². The monoisotopic (exact) mass is 204 g/mol. The number of rotatable bonds is 2. The molecule has 2 rings (SSSR count). The number of benzene rings is 1. The molecule has 0 aromatic heterocycles. The van der Waals surface area contributed by atoms with Gasteiger partial charge >= 0.3 is 0 Å². The Morgan fingerprint density at radius 3 is 2.80 bits per heavy atom. The quantitative estimate of drug-likeness (QED) is 0.788. The second-order valence-electron chi connectivity index (χ2n) is 3.90. The van der Waals surface area contributed by atoms with Crippen LogP contribution in [0.3, 0.4) is 0 Å². The van der Waals surface area contributed by atoms with Crippen molar-refractivity contribution in [1.29, 1.82) is 0 Å². The van der Waals surface area contributed by atoms with Gasteiger partial charge in [-0.05, 0) is 25.0 Å². The van der Waals surface area contributed by atoms with Gasteiger partial charge in [-0.3, -0.25) is 4.79 Å². The summed E-state index contributed by atoms with van der Waals surface area (Å²) in [5, 5.41) is 0.